The van der Waals surface area contributed by atoms with Crippen molar-refractivity contribution < 1.29 is 14.3 Å². The van der Waals surface area contributed by atoms with Gasteiger partial charge in [0, 0.05) is 35.6 Å². The van der Waals surface area contributed by atoms with Crippen molar-refractivity contribution >= 4 is 63.8 Å². The molecule has 0 saturated carbocycles. The van der Waals surface area contributed by atoms with Crippen LogP contribution < -0.4 is 15.9 Å². The van der Waals surface area contributed by atoms with Crippen LogP contribution in [0.4, 0.5) is 0 Å². The molecular weight excluding hydrogens is 441 g/mol. The number of nitrogens with two attached hydrogens (primary N) is 1. The predicted molar refractivity (Wildman–Crippen MR) is 117 cm³/mol. The summed E-state index contributed by atoms with van der Waals surface area (Å²) in [5.74, 6) is 0.515. The molecule has 0 spiro atoms. The van der Waals surface area contributed by atoms with Crippen molar-refractivity contribution in [2.45, 2.75) is 23.1 Å². The molecule has 2 aromatic rings. The van der Waals surface area contributed by atoms with Crippen LogP contribution in [0.25, 0.3) is 10.9 Å². The molecule has 0 aliphatic carbocycles. The van der Waals surface area contributed by atoms with Gasteiger partial charge in [0.05, 0.1) is 13.3 Å². The van der Waals surface area contributed by atoms with E-state index in [-0.39, 0.29) is 19.0 Å². The number of guanidine groups is 1. The van der Waals surface area contributed by atoms with Gasteiger partial charge in [-0.2, -0.15) is 5.10 Å². The van der Waals surface area contributed by atoms with Crippen LogP contribution in [-0.4, -0.2) is 47.2 Å². The molecule has 0 amide bonds. The van der Waals surface area contributed by atoms with Crippen LogP contribution in [-0.2, 0) is 9.53 Å². The van der Waals surface area contributed by atoms with E-state index in [1.165, 1.54) is 0 Å². The third-order valence-electron chi connectivity index (χ3n) is 3.77. The maximum atomic E-state index is 11.5. The highest BCUT2D eigenvalue weighted by molar-refractivity contribution is 6.67. The van der Waals surface area contributed by atoms with E-state index in [0.29, 0.717) is 19.4 Å². The fourth-order valence-electron chi connectivity index (χ4n) is 2.37. The van der Waals surface area contributed by atoms with Gasteiger partial charge >= 0.3 is 5.97 Å². The lowest BCUT2D eigenvalue weighted by atomic mass is 10.2. The van der Waals surface area contributed by atoms with Gasteiger partial charge < -0.3 is 20.2 Å². The number of aliphatic imine (C=N–C) groups is 1. The number of carbonyl (C=O) groups excluding carboxylic acids is 1. The van der Waals surface area contributed by atoms with Gasteiger partial charge in [0.15, 0.2) is 0 Å². The molecule has 0 fully saturated rings. The van der Waals surface area contributed by atoms with Gasteiger partial charge in [0.1, 0.15) is 12.4 Å². The molecule has 2 rings (SSSR count). The normalized spacial score (nSPS) is 12.5. The van der Waals surface area contributed by atoms with Crippen LogP contribution in [0.15, 0.2) is 34.5 Å². The zero-order valence-corrected chi connectivity index (χ0v) is 18.0. The topological polar surface area (TPSA) is 114 Å². The van der Waals surface area contributed by atoms with Gasteiger partial charge in [-0.25, -0.2) is 5.43 Å². The molecule has 4 N–H and O–H groups in total. The van der Waals surface area contributed by atoms with Gasteiger partial charge in [0.2, 0.25) is 9.75 Å². The minimum absolute atomic E-state index is 0.178. The zero-order chi connectivity index (χ0) is 21.3. The van der Waals surface area contributed by atoms with Gasteiger partial charge in [-0.1, -0.05) is 34.8 Å². The number of carbonyl (C=O) groups is 1. The van der Waals surface area contributed by atoms with E-state index >= 15 is 0 Å². The molecule has 0 atom stereocenters. The summed E-state index contributed by atoms with van der Waals surface area (Å²) < 4.78 is 8.47. The molecule has 0 aliphatic rings. The Balaban J connectivity index is 1.72. The maximum Gasteiger partial charge on any atom is 0.305 e. The van der Waals surface area contributed by atoms with Crippen molar-refractivity contribution in [1.82, 2.24) is 10.4 Å². The van der Waals surface area contributed by atoms with E-state index in [2.05, 4.69) is 20.5 Å². The third-order valence-corrected chi connectivity index (χ3v) is 4.10. The minimum atomic E-state index is -1.60. The number of nitrogens with one attached hydrogen (secondary N) is 2. The van der Waals surface area contributed by atoms with Gasteiger partial charge in [-0.3, -0.25) is 9.79 Å². The quantitative estimate of drug-likeness (QED) is 0.132. The lowest BCUT2D eigenvalue weighted by Crippen LogP contribution is -2.27. The molecule has 0 saturated heterocycles. The van der Waals surface area contributed by atoms with Crippen LogP contribution in [0.1, 0.15) is 24.8 Å². The van der Waals surface area contributed by atoms with Crippen LogP contribution in [0.2, 0.25) is 0 Å². The van der Waals surface area contributed by atoms with Crippen molar-refractivity contribution in [3.8, 4) is 5.75 Å². The molecule has 0 aliphatic heterocycles. The summed E-state index contributed by atoms with van der Waals surface area (Å²) in [6, 6.07) is 5.73. The summed E-state index contributed by atoms with van der Waals surface area (Å²) in [6.45, 7) is 0.170. The Bertz CT molecular complexity index is 877. The van der Waals surface area contributed by atoms with Crippen LogP contribution in [0, 0.1) is 0 Å². The standard InChI is InChI=1S/C18H22Cl3N5O3/c1-28-13-5-6-15-14(8-13)12(9-24-15)10-25-26-17(22)23-7-3-2-4-16(27)29-11-18(19,20)21/h5-6,8-10,24H,2-4,7,11H2,1H3,(H3,22,23,26)/b25-10+. The number of hydrogen-bond donors (Lipinski definition) is 3. The second kappa shape index (κ2) is 11.1. The highest BCUT2D eigenvalue weighted by atomic mass is 35.6. The molecule has 1 heterocycles. The largest absolute Gasteiger partial charge is 0.497 e. The van der Waals surface area contributed by atoms with Crippen molar-refractivity contribution in [1.29, 1.82) is 0 Å². The maximum absolute atomic E-state index is 11.5. The van der Waals surface area contributed by atoms with Crippen molar-refractivity contribution in [2.75, 3.05) is 20.3 Å². The summed E-state index contributed by atoms with van der Waals surface area (Å²) in [5.41, 5.74) is 10.3. The second-order valence-corrected chi connectivity index (χ2v) is 8.54. The molecule has 0 unspecified atom stereocenters. The monoisotopic (exact) mass is 461 g/mol. The fourth-order valence-corrected chi connectivity index (χ4v) is 2.54. The summed E-state index contributed by atoms with van der Waals surface area (Å²) in [5, 5.41) is 5.07. The van der Waals surface area contributed by atoms with Gasteiger partial charge in [0.25, 0.3) is 0 Å². The van der Waals surface area contributed by atoms with E-state index in [0.717, 1.165) is 22.2 Å². The highest BCUT2D eigenvalue weighted by Crippen LogP contribution is 2.26. The molecule has 8 nitrogen and oxygen atoms in total. The van der Waals surface area contributed by atoms with Crippen molar-refractivity contribution in [3.63, 3.8) is 0 Å². The average Bonchev–Trinajstić information content (AvgIpc) is 3.07. The number of benzene rings is 1. The molecule has 0 radical (unpaired) electrons. The van der Waals surface area contributed by atoms with Crippen LogP contribution in [0.5, 0.6) is 5.75 Å². The Morgan fingerprint density at radius 3 is 2.86 bits per heavy atom. The predicted octanol–water partition coefficient (Wildman–Crippen LogP) is 3.50. The molecule has 11 heteroatoms. The van der Waals surface area contributed by atoms with E-state index in [9.17, 15) is 4.79 Å². The summed E-state index contributed by atoms with van der Waals surface area (Å²) in [6.07, 6.45) is 4.92. The van der Waals surface area contributed by atoms with E-state index in [1.54, 1.807) is 13.3 Å². The SMILES string of the molecule is COc1ccc2[nH]cc(/C=N/NC(N)=NCCCCC(=O)OCC(Cl)(Cl)Cl)c2c1. The van der Waals surface area contributed by atoms with Gasteiger partial charge in [-0.05, 0) is 31.0 Å². The number of alkyl halides is 3. The molecule has 158 valence electrons. The number of unbranched alkanes of at least 4 members (excludes halogenated alkanes) is 1. The van der Waals surface area contributed by atoms with Crippen LogP contribution >= 0.6 is 34.8 Å². The highest BCUT2D eigenvalue weighted by Gasteiger charge is 2.21. The van der Waals surface area contributed by atoms with E-state index in [1.807, 2.05) is 24.4 Å². The number of esters is 1. The number of ether oxygens (including phenoxy) is 2. The number of hydrogen-bond acceptors (Lipinski definition) is 5. The Morgan fingerprint density at radius 1 is 1.34 bits per heavy atom. The van der Waals surface area contributed by atoms with Gasteiger partial charge in [-0.15, -0.1) is 0 Å². The number of methoxy groups -OCH3 is 1. The van der Waals surface area contributed by atoms with Crippen LogP contribution in [0.3, 0.4) is 0 Å². The first-order valence-electron chi connectivity index (χ1n) is 8.75. The zero-order valence-electron chi connectivity index (χ0n) is 15.8. The fraction of sp³-hybridized carbons (Fsp3) is 0.389. The Labute approximate surface area is 183 Å². The molecule has 1 aromatic heterocycles. The number of aromatic nitrogens is 1. The molecular formula is C18H22Cl3N5O3. The third kappa shape index (κ3) is 8.39. The summed E-state index contributed by atoms with van der Waals surface area (Å²) in [4.78, 5) is 18.8. The summed E-state index contributed by atoms with van der Waals surface area (Å²) >= 11 is 16.5. The number of fused-ring (bicyclic) bond motifs is 1. The minimum Gasteiger partial charge on any atom is -0.497 e. The lowest BCUT2D eigenvalue weighted by molar-refractivity contribution is -0.143. The first-order valence-corrected chi connectivity index (χ1v) is 9.88. The van der Waals surface area contributed by atoms with Crippen molar-refractivity contribution in [3.05, 3.63) is 30.0 Å². The number of aromatic amines is 1. The Hall–Kier alpha value is -2.16. The summed E-state index contributed by atoms with van der Waals surface area (Å²) in [7, 11) is 1.62. The first-order chi connectivity index (χ1) is 13.8. The Kier molecular flexibility index (Phi) is 8.88. The first kappa shape index (κ1) is 23.1. The lowest BCUT2D eigenvalue weighted by Gasteiger charge is -2.10. The second-order valence-electron chi connectivity index (χ2n) is 6.03. The number of rotatable bonds is 9. The number of nitrogens with zero attached hydrogens (tertiary/aromatic N) is 2. The van der Waals surface area contributed by atoms with E-state index < -0.39 is 9.76 Å². The number of halogens is 3. The molecule has 1 aromatic carbocycles. The van der Waals surface area contributed by atoms with Crippen molar-refractivity contribution in [2.24, 2.45) is 15.8 Å². The number of H-pyrrole nitrogens is 1. The number of hydrazone groups is 1. The average molecular weight is 463 g/mol. The smallest absolute Gasteiger partial charge is 0.305 e. The van der Waals surface area contributed by atoms with E-state index in [4.69, 9.17) is 50.0 Å². The Morgan fingerprint density at radius 2 is 2.14 bits per heavy atom. The molecule has 29 heavy (non-hydrogen) atoms. The molecule has 0 bridgehead atoms.